The highest BCUT2D eigenvalue weighted by atomic mass is 32.2. The number of aliphatic hydroxyl groups is 1. The third-order valence-corrected chi connectivity index (χ3v) is 6.21. The lowest BCUT2D eigenvalue weighted by molar-refractivity contribution is -0.00456. The van der Waals surface area contributed by atoms with Crippen LogP contribution >= 0.6 is 12.1 Å². The van der Waals surface area contributed by atoms with Crippen molar-refractivity contribution in [2.24, 2.45) is 10.9 Å². The van der Waals surface area contributed by atoms with Gasteiger partial charge >= 0.3 is 0 Å². The van der Waals surface area contributed by atoms with E-state index in [1.165, 1.54) is 0 Å². The molecule has 0 radical (unpaired) electrons. The van der Waals surface area contributed by atoms with Gasteiger partial charge in [-0.3, -0.25) is 9.30 Å². The van der Waals surface area contributed by atoms with Crippen LogP contribution in [0.3, 0.4) is 0 Å². The fourth-order valence-corrected chi connectivity index (χ4v) is 4.81. The Bertz CT molecular complexity index is 719. The van der Waals surface area contributed by atoms with Crippen LogP contribution < -0.4 is 0 Å². The Morgan fingerprint density at radius 3 is 2.04 bits per heavy atom. The van der Waals surface area contributed by atoms with Crippen molar-refractivity contribution in [1.29, 1.82) is 0 Å². The number of piperidine rings is 1. The SMILES string of the molecule is C/C=C\N(/C=N/C)SN1CCC(C(O)(c2ccccc2)c2ccccc2)CC1. The maximum Gasteiger partial charge on any atom is 0.117 e. The summed E-state index contributed by atoms with van der Waals surface area (Å²) in [5.41, 5.74) is 0.981. The van der Waals surface area contributed by atoms with Crippen LogP contribution in [0.25, 0.3) is 0 Å². The number of nitrogens with zero attached hydrogens (tertiary/aromatic N) is 3. The molecule has 0 aliphatic carbocycles. The number of rotatable bonds is 7. The molecule has 2 aromatic carbocycles. The van der Waals surface area contributed by atoms with Gasteiger partial charge in [-0.1, -0.05) is 66.7 Å². The molecular weight excluding hydrogens is 366 g/mol. The first-order valence-corrected chi connectivity index (χ1v) is 10.5. The van der Waals surface area contributed by atoms with E-state index >= 15 is 0 Å². The second-order valence-electron chi connectivity index (χ2n) is 7.00. The lowest BCUT2D eigenvalue weighted by atomic mass is 9.72. The van der Waals surface area contributed by atoms with Crippen LogP contribution in [0.2, 0.25) is 0 Å². The molecule has 1 aliphatic heterocycles. The summed E-state index contributed by atoms with van der Waals surface area (Å²) in [6, 6.07) is 20.2. The smallest absolute Gasteiger partial charge is 0.117 e. The van der Waals surface area contributed by atoms with Crippen molar-refractivity contribution in [2.45, 2.75) is 25.4 Å². The molecule has 0 amide bonds. The predicted molar refractivity (Wildman–Crippen MR) is 119 cm³/mol. The van der Waals surface area contributed by atoms with Gasteiger partial charge in [0.2, 0.25) is 0 Å². The number of aliphatic imine (C=N–C) groups is 1. The summed E-state index contributed by atoms with van der Waals surface area (Å²) in [4.78, 5) is 4.12. The Morgan fingerprint density at radius 1 is 1.04 bits per heavy atom. The zero-order valence-corrected chi connectivity index (χ0v) is 17.4. The second kappa shape index (κ2) is 9.92. The van der Waals surface area contributed by atoms with E-state index in [-0.39, 0.29) is 5.92 Å². The molecule has 5 heteroatoms. The van der Waals surface area contributed by atoms with Gasteiger partial charge in [0.15, 0.2) is 0 Å². The van der Waals surface area contributed by atoms with Gasteiger partial charge in [-0.15, -0.1) is 0 Å². The van der Waals surface area contributed by atoms with Crippen molar-refractivity contribution < 1.29 is 5.11 Å². The van der Waals surface area contributed by atoms with Crippen molar-refractivity contribution in [3.63, 3.8) is 0 Å². The Morgan fingerprint density at radius 2 is 1.57 bits per heavy atom. The fraction of sp³-hybridized carbons (Fsp3) is 0.348. The maximum atomic E-state index is 11.9. The molecular formula is C23H29N3OS. The molecule has 1 saturated heterocycles. The highest BCUT2D eigenvalue weighted by Gasteiger charge is 2.41. The summed E-state index contributed by atoms with van der Waals surface area (Å²) in [5, 5.41) is 11.9. The summed E-state index contributed by atoms with van der Waals surface area (Å²) in [7, 11) is 1.78. The van der Waals surface area contributed by atoms with Gasteiger partial charge in [0.25, 0.3) is 0 Å². The maximum absolute atomic E-state index is 11.9. The molecule has 0 unspecified atom stereocenters. The van der Waals surface area contributed by atoms with Gasteiger partial charge < -0.3 is 5.11 Å². The lowest BCUT2D eigenvalue weighted by Crippen LogP contribution is -2.43. The molecule has 0 bridgehead atoms. The first-order valence-electron chi connectivity index (χ1n) is 9.78. The van der Waals surface area contributed by atoms with E-state index in [0.717, 1.165) is 37.1 Å². The van der Waals surface area contributed by atoms with Crippen molar-refractivity contribution >= 4 is 18.5 Å². The van der Waals surface area contributed by atoms with E-state index in [2.05, 4.69) is 9.30 Å². The minimum Gasteiger partial charge on any atom is -0.380 e. The molecule has 1 fully saturated rings. The van der Waals surface area contributed by atoms with Crippen LogP contribution in [-0.4, -0.2) is 40.2 Å². The molecule has 2 aromatic rings. The Kier molecular flexibility index (Phi) is 7.31. The molecule has 0 saturated carbocycles. The van der Waals surface area contributed by atoms with Gasteiger partial charge in [0, 0.05) is 38.5 Å². The Balaban J connectivity index is 1.77. The number of hydrogen-bond donors (Lipinski definition) is 1. The number of benzene rings is 2. The van der Waals surface area contributed by atoms with Crippen LogP contribution in [0.1, 0.15) is 30.9 Å². The van der Waals surface area contributed by atoms with Crippen molar-refractivity contribution in [2.75, 3.05) is 20.1 Å². The molecule has 148 valence electrons. The van der Waals surface area contributed by atoms with E-state index in [1.807, 2.05) is 90.5 Å². The standard InChI is InChI=1S/C23H29N3OS/c1-3-16-26(19-24-2)28-25-17-14-22(15-18-25)23(27,20-10-6-4-7-11-20)21-12-8-5-9-13-21/h3-13,16,19,22,27H,14-15,17-18H2,1-2H3/b16-3-,24-19+. The Hall–Kier alpha value is -2.08. The van der Waals surface area contributed by atoms with Crippen LogP contribution in [-0.2, 0) is 5.60 Å². The van der Waals surface area contributed by atoms with E-state index in [1.54, 1.807) is 19.2 Å². The Labute approximate surface area is 172 Å². The van der Waals surface area contributed by atoms with Gasteiger partial charge in [0.05, 0.1) is 6.34 Å². The largest absolute Gasteiger partial charge is 0.380 e. The van der Waals surface area contributed by atoms with Crippen molar-refractivity contribution in [3.05, 3.63) is 84.1 Å². The topological polar surface area (TPSA) is 39.1 Å². The summed E-state index contributed by atoms with van der Waals surface area (Å²) in [6.07, 6.45) is 7.69. The fourth-order valence-electron chi connectivity index (χ4n) is 3.86. The lowest BCUT2D eigenvalue weighted by Gasteiger charge is -2.42. The summed E-state index contributed by atoms with van der Waals surface area (Å²) in [6.45, 7) is 3.84. The van der Waals surface area contributed by atoms with E-state index in [0.29, 0.717) is 0 Å². The molecule has 0 spiro atoms. The quantitative estimate of drug-likeness (QED) is 0.419. The van der Waals surface area contributed by atoms with E-state index in [9.17, 15) is 5.11 Å². The molecule has 3 rings (SSSR count). The molecule has 1 aliphatic rings. The minimum absolute atomic E-state index is 0.171. The van der Waals surface area contributed by atoms with Crippen LogP contribution in [0.5, 0.6) is 0 Å². The first kappa shape index (κ1) is 20.6. The molecule has 28 heavy (non-hydrogen) atoms. The van der Waals surface area contributed by atoms with Gasteiger partial charge in [0.1, 0.15) is 5.60 Å². The zero-order valence-electron chi connectivity index (χ0n) is 16.6. The highest BCUT2D eigenvalue weighted by Crippen LogP contribution is 2.42. The summed E-state index contributed by atoms with van der Waals surface area (Å²) in [5.74, 6) is 0.171. The number of allylic oxidation sites excluding steroid dienone is 1. The van der Waals surface area contributed by atoms with Crippen LogP contribution in [0.15, 0.2) is 77.9 Å². The highest BCUT2D eigenvalue weighted by molar-refractivity contribution is 7.95. The molecule has 4 nitrogen and oxygen atoms in total. The summed E-state index contributed by atoms with van der Waals surface area (Å²) >= 11 is 1.67. The average molecular weight is 396 g/mol. The first-order chi connectivity index (χ1) is 13.7. The van der Waals surface area contributed by atoms with Gasteiger partial charge in [-0.25, -0.2) is 4.31 Å². The van der Waals surface area contributed by atoms with E-state index in [4.69, 9.17) is 0 Å². The minimum atomic E-state index is -0.965. The van der Waals surface area contributed by atoms with Gasteiger partial charge in [-0.05, 0) is 36.8 Å². The third kappa shape index (κ3) is 4.66. The summed E-state index contributed by atoms with van der Waals surface area (Å²) < 4.78 is 4.36. The van der Waals surface area contributed by atoms with Crippen LogP contribution in [0.4, 0.5) is 0 Å². The molecule has 0 aromatic heterocycles. The molecule has 1 heterocycles. The monoisotopic (exact) mass is 395 g/mol. The molecule has 1 N–H and O–H groups in total. The third-order valence-electron chi connectivity index (χ3n) is 5.21. The number of hydrogen-bond acceptors (Lipinski definition) is 4. The van der Waals surface area contributed by atoms with Gasteiger partial charge in [-0.2, -0.15) is 0 Å². The average Bonchev–Trinajstić information content (AvgIpc) is 2.75. The van der Waals surface area contributed by atoms with Crippen LogP contribution in [0, 0.1) is 5.92 Å². The zero-order chi connectivity index (χ0) is 19.8. The predicted octanol–water partition coefficient (Wildman–Crippen LogP) is 4.69. The van der Waals surface area contributed by atoms with Crippen molar-refractivity contribution in [3.8, 4) is 0 Å². The van der Waals surface area contributed by atoms with Crippen molar-refractivity contribution in [1.82, 2.24) is 8.61 Å². The normalized spacial score (nSPS) is 16.8. The second-order valence-corrected chi connectivity index (χ2v) is 8.10. The molecule has 0 atom stereocenters. The van der Waals surface area contributed by atoms with E-state index < -0.39 is 5.60 Å².